The van der Waals surface area contributed by atoms with E-state index in [4.69, 9.17) is 11.1 Å². The number of thioether (sulfide) groups is 1. The van der Waals surface area contributed by atoms with Crippen molar-refractivity contribution in [2.75, 3.05) is 0 Å². The van der Waals surface area contributed by atoms with Crippen LogP contribution in [0.1, 0.15) is 6.92 Å². The Bertz CT molecular complexity index is 233. The van der Waals surface area contributed by atoms with Crippen LogP contribution >= 0.6 is 23.3 Å². The molecular formula is C5H8N4S2. The van der Waals surface area contributed by atoms with Crippen molar-refractivity contribution in [3.8, 4) is 0 Å². The van der Waals surface area contributed by atoms with Gasteiger partial charge in [-0.05, 0) is 18.5 Å². The predicted octanol–water partition coefficient (Wildman–Crippen LogP) is 0.955. The van der Waals surface area contributed by atoms with Crippen molar-refractivity contribution >= 4 is 29.1 Å². The summed E-state index contributed by atoms with van der Waals surface area (Å²) in [6, 6.07) is 0. The number of aromatic nitrogens is 2. The summed E-state index contributed by atoms with van der Waals surface area (Å²) in [5.74, 6) is 0.171. The largest absolute Gasteiger partial charge is 0.387 e. The average molecular weight is 188 g/mol. The second-order valence-electron chi connectivity index (χ2n) is 1.92. The van der Waals surface area contributed by atoms with E-state index in [1.165, 1.54) is 29.6 Å². The highest BCUT2D eigenvalue weighted by Gasteiger charge is 2.08. The van der Waals surface area contributed by atoms with Crippen LogP contribution < -0.4 is 5.73 Å². The van der Waals surface area contributed by atoms with E-state index in [0.29, 0.717) is 0 Å². The third-order valence-corrected chi connectivity index (χ3v) is 2.94. The van der Waals surface area contributed by atoms with E-state index in [9.17, 15) is 0 Å². The normalized spacial score (nSPS) is 12.8. The van der Waals surface area contributed by atoms with Crippen LogP contribution in [0.3, 0.4) is 0 Å². The summed E-state index contributed by atoms with van der Waals surface area (Å²) in [6.45, 7) is 1.87. The molecule has 0 spiro atoms. The average Bonchev–Trinajstić information content (AvgIpc) is 2.39. The highest BCUT2D eigenvalue weighted by atomic mass is 32.2. The van der Waals surface area contributed by atoms with E-state index < -0.39 is 0 Å². The summed E-state index contributed by atoms with van der Waals surface area (Å²) in [5, 5.41) is 7.11. The summed E-state index contributed by atoms with van der Waals surface area (Å²) in [5.41, 5.74) is 5.27. The molecule has 0 amide bonds. The van der Waals surface area contributed by atoms with Gasteiger partial charge in [-0.3, -0.25) is 5.41 Å². The fourth-order valence-corrected chi connectivity index (χ4v) is 1.98. The number of hydrogen-bond donors (Lipinski definition) is 2. The molecule has 0 saturated heterocycles. The third kappa shape index (κ3) is 2.47. The minimum Gasteiger partial charge on any atom is -0.387 e. The highest BCUT2D eigenvalue weighted by Crippen LogP contribution is 2.22. The van der Waals surface area contributed by atoms with Gasteiger partial charge in [0, 0.05) is 0 Å². The number of nitrogens with zero attached hydrogens (tertiary/aromatic N) is 2. The van der Waals surface area contributed by atoms with Crippen molar-refractivity contribution in [1.82, 2.24) is 9.36 Å². The Morgan fingerprint density at radius 3 is 3.09 bits per heavy atom. The first-order chi connectivity index (χ1) is 5.20. The van der Waals surface area contributed by atoms with Crippen molar-refractivity contribution in [2.45, 2.75) is 16.5 Å². The number of hydrogen-bond acceptors (Lipinski definition) is 5. The Morgan fingerprint density at radius 1 is 1.91 bits per heavy atom. The van der Waals surface area contributed by atoms with Gasteiger partial charge in [0.2, 0.25) is 0 Å². The Kier molecular flexibility index (Phi) is 2.84. The van der Waals surface area contributed by atoms with Crippen LogP contribution in [0.4, 0.5) is 0 Å². The predicted molar refractivity (Wildman–Crippen MR) is 47.1 cm³/mol. The quantitative estimate of drug-likeness (QED) is 0.421. The molecule has 0 bridgehead atoms. The molecule has 0 aromatic carbocycles. The second-order valence-corrected chi connectivity index (χ2v) is 4.29. The molecule has 4 nitrogen and oxygen atoms in total. The lowest BCUT2D eigenvalue weighted by atomic mass is 10.4. The van der Waals surface area contributed by atoms with Gasteiger partial charge in [-0.15, -0.1) is 0 Å². The minimum atomic E-state index is -0.0112. The van der Waals surface area contributed by atoms with Gasteiger partial charge in [0.15, 0.2) is 4.34 Å². The van der Waals surface area contributed by atoms with Gasteiger partial charge in [0.1, 0.15) is 12.2 Å². The first-order valence-electron chi connectivity index (χ1n) is 2.97. The standard InChI is InChI=1S/C5H8N4S2/c1-3(4(6)7)10-5-8-2-9-11-5/h2-3H,1H3,(H3,6,7). The Balaban J connectivity index is 2.50. The molecule has 11 heavy (non-hydrogen) atoms. The van der Waals surface area contributed by atoms with Crippen LogP contribution in [0, 0.1) is 5.41 Å². The Labute approximate surface area is 72.9 Å². The summed E-state index contributed by atoms with van der Waals surface area (Å²) < 4.78 is 4.69. The molecule has 3 N–H and O–H groups in total. The first-order valence-corrected chi connectivity index (χ1v) is 4.62. The van der Waals surface area contributed by atoms with Crippen molar-refractivity contribution in [1.29, 1.82) is 5.41 Å². The lowest BCUT2D eigenvalue weighted by Gasteiger charge is -2.04. The molecule has 0 aliphatic carbocycles. The molecular weight excluding hydrogens is 180 g/mol. The van der Waals surface area contributed by atoms with E-state index in [2.05, 4.69) is 9.36 Å². The van der Waals surface area contributed by atoms with Crippen molar-refractivity contribution < 1.29 is 0 Å². The summed E-state index contributed by atoms with van der Waals surface area (Å²) in [6.07, 6.45) is 1.50. The molecule has 1 aromatic heterocycles. The van der Waals surface area contributed by atoms with Gasteiger partial charge in [0.25, 0.3) is 0 Å². The molecule has 0 fully saturated rings. The zero-order valence-electron chi connectivity index (χ0n) is 5.94. The molecule has 1 heterocycles. The van der Waals surface area contributed by atoms with Gasteiger partial charge >= 0.3 is 0 Å². The van der Waals surface area contributed by atoms with Crippen molar-refractivity contribution in [2.24, 2.45) is 5.73 Å². The number of rotatable bonds is 3. The third-order valence-electron chi connectivity index (χ3n) is 1.06. The van der Waals surface area contributed by atoms with E-state index >= 15 is 0 Å². The van der Waals surface area contributed by atoms with Gasteiger partial charge in [0.05, 0.1) is 5.25 Å². The van der Waals surface area contributed by atoms with Gasteiger partial charge in [-0.25, -0.2) is 4.98 Å². The summed E-state index contributed by atoms with van der Waals surface area (Å²) in [4.78, 5) is 3.96. The maximum absolute atomic E-state index is 7.12. The monoisotopic (exact) mass is 188 g/mol. The minimum absolute atomic E-state index is 0.0112. The fourth-order valence-electron chi connectivity index (χ4n) is 0.430. The zero-order chi connectivity index (χ0) is 8.27. The van der Waals surface area contributed by atoms with Crippen LogP contribution in [-0.4, -0.2) is 20.4 Å². The van der Waals surface area contributed by atoms with Gasteiger partial charge in [-0.2, -0.15) is 4.37 Å². The first kappa shape index (κ1) is 8.48. The van der Waals surface area contributed by atoms with Crippen LogP contribution in [0.25, 0.3) is 0 Å². The lowest BCUT2D eigenvalue weighted by molar-refractivity contribution is 1.18. The lowest BCUT2D eigenvalue weighted by Crippen LogP contribution is -2.21. The van der Waals surface area contributed by atoms with Crippen LogP contribution in [0.15, 0.2) is 10.7 Å². The maximum atomic E-state index is 7.12. The molecule has 0 aliphatic heterocycles. The maximum Gasteiger partial charge on any atom is 0.170 e. The van der Waals surface area contributed by atoms with E-state index in [1.54, 1.807) is 0 Å². The fraction of sp³-hybridized carbons (Fsp3) is 0.400. The number of nitrogens with one attached hydrogen (secondary N) is 1. The molecule has 0 saturated carbocycles. The molecule has 1 unspecified atom stereocenters. The molecule has 0 radical (unpaired) electrons. The summed E-state index contributed by atoms with van der Waals surface area (Å²) in [7, 11) is 0. The zero-order valence-corrected chi connectivity index (χ0v) is 7.58. The van der Waals surface area contributed by atoms with Gasteiger partial charge < -0.3 is 5.73 Å². The molecule has 0 aliphatic rings. The van der Waals surface area contributed by atoms with Crippen molar-refractivity contribution in [3.63, 3.8) is 0 Å². The highest BCUT2D eigenvalue weighted by molar-refractivity contribution is 8.02. The van der Waals surface area contributed by atoms with E-state index in [0.717, 1.165) is 4.34 Å². The van der Waals surface area contributed by atoms with Crippen LogP contribution in [0.2, 0.25) is 0 Å². The smallest absolute Gasteiger partial charge is 0.170 e. The summed E-state index contributed by atoms with van der Waals surface area (Å²) >= 11 is 2.77. The Morgan fingerprint density at radius 2 is 2.64 bits per heavy atom. The van der Waals surface area contributed by atoms with Gasteiger partial charge in [-0.1, -0.05) is 11.8 Å². The van der Waals surface area contributed by atoms with E-state index in [1.807, 2.05) is 6.92 Å². The van der Waals surface area contributed by atoms with Crippen LogP contribution in [-0.2, 0) is 0 Å². The van der Waals surface area contributed by atoms with Crippen LogP contribution in [0.5, 0.6) is 0 Å². The Hall–Kier alpha value is -0.620. The molecule has 6 heteroatoms. The number of amidine groups is 1. The van der Waals surface area contributed by atoms with Crippen molar-refractivity contribution in [3.05, 3.63) is 6.33 Å². The molecule has 60 valence electrons. The topological polar surface area (TPSA) is 75.7 Å². The van der Waals surface area contributed by atoms with E-state index in [-0.39, 0.29) is 11.1 Å². The molecule has 1 rings (SSSR count). The molecule has 1 aromatic rings. The number of nitrogens with two attached hydrogens (primary N) is 1. The SMILES string of the molecule is CC(Sc1ncns1)C(=N)N. The molecule has 1 atom stereocenters. The second kappa shape index (κ2) is 3.68.